The van der Waals surface area contributed by atoms with Crippen LogP contribution in [-0.2, 0) is 0 Å². The average Bonchev–Trinajstić information content (AvgIpc) is 2.46. The van der Waals surface area contributed by atoms with E-state index in [1.165, 1.54) is 36.5 Å². The van der Waals surface area contributed by atoms with Crippen LogP contribution in [-0.4, -0.2) is 35.0 Å². The number of amides is 1. The Balaban J connectivity index is 2.34. The molecule has 0 atom stereocenters. The molecule has 0 saturated heterocycles. The number of alkyl halides is 2. The molecule has 1 N–H and O–H groups in total. The van der Waals surface area contributed by atoms with Crippen molar-refractivity contribution in [3.8, 4) is 5.75 Å². The zero-order chi connectivity index (χ0) is 16.1. The molecular weight excluding hydrogens is 302 g/mol. The number of ether oxygens (including phenoxy) is 1. The molecule has 22 heavy (non-hydrogen) atoms. The Morgan fingerprint density at radius 3 is 2.86 bits per heavy atom. The van der Waals surface area contributed by atoms with Crippen molar-refractivity contribution < 1.29 is 23.3 Å². The molecule has 0 bridgehead atoms. The molecule has 0 fully saturated rings. The third-order valence-corrected chi connectivity index (χ3v) is 2.63. The molecule has 1 aromatic carbocycles. The summed E-state index contributed by atoms with van der Waals surface area (Å²) in [4.78, 5) is 23.8. The number of para-hydroxylation sites is 1. The molecule has 1 aliphatic rings. The van der Waals surface area contributed by atoms with Gasteiger partial charge < -0.3 is 10.1 Å². The highest BCUT2D eigenvalue weighted by Gasteiger charge is 2.27. The van der Waals surface area contributed by atoms with Crippen molar-refractivity contribution in [1.82, 2.24) is 10.2 Å². The van der Waals surface area contributed by atoms with E-state index in [0.29, 0.717) is 0 Å². The molecule has 2 rings (SSSR count). The van der Waals surface area contributed by atoms with Crippen LogP contribution in [0.25, 0.3) is 0 Å². The van der Waals surface area contributed by atoms with Crippen LogP contribution in [0.4, 0.5) is 8.78 Å². The lowest BCUT2D eigenvalue weighted by Gasteiger charge is -2.24. The maximum atomic E-state index is 12.4. The van der Waals surface area contributed by atoms with Crippen LogP contribution in [0.2, 0.25) is 0 Å². The van der Waals surface area contributed by atoms with Crippen LogP contribution in [0, 0.1) is 10.1 Å². The maximum Gasteiger partial charge on any atom is 0.387 e. The SMILES string of the molecule is O=C(c1ccccc1OC(F)F)N1CC=CNC1=N[N+](=O)[O-]. The van der Waals surface area contributed by atoms with Crippen LogP contribution < -0.4 is 10.1 Å². The molecule has 0 radical (unpaired) electrons. The van der Waals surface area contributed by atoms with Gasteiger partial charge in [-0.1, -0.05) is 12.1 Å². The second kappa shape index (κ2) is 6.61. The van der Waals surface area contributed by atoms with Gasteiger partial charge >= 0.3 is 6.61 Å². The summed E-state index contributed by atoms with van der Waals surface area (Å²) in [7, 11) is 0. The fourth-order valence-electron chi connectivity index (χ4n) is 1.78. The Morgan fingerprint density at radius 1 is 1.45 bits per heavy atom. The van der Waals surface area contributed by atoms with Gasteiger partial charge in [-0.05, 0) is 18.2 Å². The van der Waals surface area contributed by atoms with E-state index in [-0.39, 0.29) is 23.8 Å². The molecule has 0 aromatic heterocycles. The minimum atomic E-state index is -3.10. The smallest absolute Gasteiger partial charge is 0.387 e. The summed E-state index contributed by atoms with van der Waals surface area (Å²) in [6.07, 6.45) is 2.90. The number of nitrogens with one attached hydrogen (secondary N) is 1. The molecule has 1 amide bonds. The number of halogens is 2. The normalized spacial score (nSPS) is 15.8. The van der Waals surface area contributed by atoms with E-state index >= 15 is 0 Å². The summed E-state index contributed by atoms with van der Waals surface area (Å²) in [5.41, 5.74) is -0.157. The zero-order valence-corrected chi connectivity index (χ0v) is 11.0. The summed E-state index contributed by atoms with van der Waals surface area (Å²) in [5, 5.41) is 15.0. The molecule has 1 aliphatic heterocycles. The number of carbonyl (C=O) groups excluding carboxylic acids is 1. The lowest BCUT2D eigenvalue weighted by molar-refractivity contribution is -0.485. The lowest BCUT2D eigenvalue weighted by atomic mass is 10.1. The van der Waals surface area contributed by atoms with E-state index in [2.05, 4.69) is 15.2 Å². The van der Waals surface area contributed by atoms with Crippen molar-refractivity contribution in [1.29, 1.82) is 0 Å². The highest BCUT2D eigenvalue weighted by atomic mass is 19.3. The van der Waals surface area contributed by atoms with Crippen molar-refractivity contribution >= 4 is 11.9 Å². The first kappa shape index (κ1) is 15.4. The summed E-state index contributed by atoms with van der Waals surface area (Å²) in [5.74, 6) is -1.39. The van der Waals surface area contributed by atoms with Gasteiger partial charge in [0.25, 0.3) is 11.9 Å². The first-order valence-corrected chi connectivity index (χ1v) is 5.99. The minimum absolute atomic E-state index is 0.00151. The van der Waals surface area contributed by atoms with Crippen LogP contribution in [0.3, 0.4) is 0 Å². The van der Waals surface area contributed by atoms with Crippen molar-refractivity contribution in [3.05, 3.63) is 52.2 Å². The third kappa shape index (κ3) is 3.53. The first-order chi connectivity index (χ1) is 10.5. The number of nitro groups is 1. The monoisotopic (exact) mass is 312 g/mol. The first-order valence-electron chi connectivity index (χ1n) is 5.99. The van der Waals surface area contributed by atoms with Gasteiger partial charge in [0.2, 0.25) is 0 Å². The van der Waals surface area contributed by atoms with Gasteiger partial charge in [-0.3, -0.25) is 9.69 Å². The molecule has 0 spiro atoms. The van der Waals surface area contributed by atoms with Crippen LogP contribution in [0.1, 0.15) is 10.4 Å². The van der Waals surface area contributed by atoms with E-state index in [9.17, 15) is 23.7 Å². The van der Waals surface area contributed by atoms with Gasteiger partial charge in [-0.25, -0.2) is 10.1 Å². The highest BCUT2D eigenvalue weighted by molar-refractivity contribution is 6.07. The van der Waals surface area contributed by atoms with Crippen molar-refractivity contribution in [2.45, 2.75) is 6.61 Å². The number of hydrogen-bond acceptors (Lipinski definition) is 4. The van der Waals surface area contributed by atoms with Crippen molar-refractivity contribution in [2.75, 3.05) is 6.54 Å². The lowest BCUT2D eigenvalue weighted by Crippen LogP contribution is -2.46. The van der Waals surface area contributed by atoms with Gasteiger partial charge in [0.1, 0.15) is 10.9 Å². The molecule has 10 heteroatoms. The fraction of sp³-hybridized carbons (Fsp3) is 0.167. The van der Waals surface area contributed by atoms with Crippen LogP contribution in [0.5, 0.6) is 5.75 Å². The topological polar surface area (TPSA) is 97.1 Å². The van der Waals surface area contributed by atoms with Crippen LogP contribution in [0.15, 0.2) is 41.6 Å². The Kier molecular flexibility index (Phi) is 4.61. The second-order valence-corrected chi connectivity index (χ2v) is 4.00. The number of nitrogens with zero attached hydrogens (tertiary/aromatic N) is 3. The molecular formula is C12H10F2N4O4. The Hall–Kier alpha value is -3.04. The van der Waals surface area contributed by atoms with E-state index in [1.54, 1.807) is 0 Å². The molecule has 0 unspecified atom stereocenters. The highest BCUT2D eigenvalue weighted by Crippen LogP contribution is 2.22. The van der Waals surface area contributed by atoms with Crippen molar-refractivity contribution in [3.63, 3.8) is 0 Å². The summed E-state index contributed by atoms with van der Waals surface area (Å²) in [6.45, 7) is -3.10. The largest absolute Gasteiger partial charge is 0.434 e. The van der Waals surface area contributed by atoms with Gasteiger partial charge in [-0.2, -0.15) is 8.78 Å². The van der Waals surface area contributed by atoms with Crippen molar-refractivity contribution in [2.24, 2.45) is 5.10 Å². The zero-order valence-electron chi connectivity index (χ0n) is 11.0. The Bertz CT molecular complexity index is 648. The average molecular weight is 312 g/mol. The minimum Gasteiger partial charge on any atom is -0.434 e. The summed E-state index contributed by atoms with van der Waals surface area (Å²) >= 11 is 0. The van der Waals surface area contributed by atoms with Gasteiger partial charge in [-0.15, -0.1) is 0 Å². The number of hydrogen-bond donors (Lipinski definition) is 1. The quantitative estimate of drug-likeness (QED) is 0.669. The predicted octanol–water partition coefficient (Wildman–Crippen LogP) is 1.39. The van der Waals surface area contributed by atoms with E-state index in [0.717, 1.165) is 4.90 Å². The number of guanidine groups is 1. The second-order valence-electron chi connectivity index (χ2n) is 4.00. The summed E-state index contributed by atoms with van der Waals surface area (Å²) < 4.78 is 29.0. The fourth-order valence-corrected chi connectivity index (χ4v) is 1.78. The Labute approximate surface area is 122 Å². The van der Waals surface area contributed by atoms with Gasteiger partial charge in [0, 0.05) is 12.7 Å². The molecule has 0 aliphatic carbocycles. The molecule has 0 saturated carbocycles. The van der Waals surface area contributed by atoms with Gasteiger partial charge in [0.05, 0.1) is 5.56 Å². The molecule has 1 aromatic rings. The third-order valence-electron chi connectivity index (χ3n) is 2.63. The van der Waals surface area contributed by atoms with E-state index < -0.39 is 17.6 Å². The van der Waals surface area contributed by atoms with Crippen LogP contribution >= 0.6 is 0 Å². The van der Waals surface area contributed by atoms with Gasteiger partial charge in [0.15, 0.2) is 5.03 Å². The number of hydrazone groups is 1. The predicted molar refractivity (Wildman–Crippen MR) is 70.8 cm³/mol. The molecule has 116 valence electrons. The number of carbonyl (C=O) groups is 1. The standard InChI is InChI=1S/C12H10F2N4O4/c13-11(14)22-9-5-2-1-4-8(9)10(19)17-7-3-6-15-12(17)16-18(20)21/h1-6,11H,7H2,(H,15,16). The van der Waals surface area contributed by atoms with E-state index in [1.807, 2.05) is 0 Å². The maximum absolute atomic E-state index is 12.4. The Morgan fingerprint density at radius 2 is 2.18 bits per heavy atom. The summed E-state index contributed by atoms with van der Waals surface area (Å²) in [6, 6.07) is 5.37. The number of rotatable bonds is 4. The number of benzene rings is 1. The molecule has 1 heterocycles. The van der Waals surface area contributed by atoms with E-state index in [4.69, 9.17) is 0 Å². The molecule has 8 nitrogen and oxygen atoms in total.